The molecule has 0 amide bonds. The second-order valence-corrected chi connectivity index (χ2v) is 6.66. The van der Waals surface area contributed by atoms with Crippen LogP contribution in [0.15, 0.2) is 24.3 Å². The van der Waals surface area contributed by atoms with Crippen molar-refractivity contribution in [2.45, 2.75) is 35.8 Å². The SMILES string of the molecule is CNC1(C(=O)O)CCC(SCc2ccc(Cl)cc2)C1. The minimum Gasteiger partial charge on any atom is -0.480 e. The number of likely N-dealkylation sites (N-methyl/N-ethyl adjacent to an activating group) is 1. The molecule has 5 heteroatoms. The Morgan fingerprint density at radius 3 is 2.74 bits per heavy atom. The smallest absolute Gasteiger partial charge is 0.323 e. The molecule has 0 spiro atoms. The minimum atomic E-state index is -0.732. The summed E-state index contributed by atoms with van der Waals surface area (Å²) < 4.78 is 0. The highest BCUT2D eigenvalue weighted by atomic mass is 35.5. The van der Waals surface area contributed by atoms with E-state index in [1.54, 1.807) is 7.05 Å². The van der Waals surface area contributed by atoms with E-state index in [2.05, 4.69) is 5.32 Å². The van der Waals surface area contributed by atoms with Gasteiger partial charge in [0.2, 0.25) is 0 Å². The summed E-state index contributed by atoms with van der Waals surface area (Å²) in [6.45, 7) is 0. The van der Waals surface area contributed by atoms with Gasteiger partial charge in [-0.3, -0.25) is 4.79 Å². The number of hydrogen-bond donors (Lipinski definition) is 2. The third-order valence-electron chi connectivity index (χ3n) is 3.76. The monoisotopic (exact) mass is 299 g/mol. The maximum absolute atomic E-state index is 11.3. The first-order chi connectivity index (χ1) is 9.05. The highest BCUT2D eigenvalue weighted by Crippen LogP contribution is 2.38. The van der Waals surface area contributed by atoms with Crippen molar-refractivity contribution in [3.05, 3.63) is 34.9 Å². The van der Waals surface area contributed by atoms with Crippen LogP contribution in [0.2, 0.25) is 5.02 Å². The fourth-order valence-corrected chi connectivity index (χ4v) is 3.90. The zero-order chi connectivity index (χ0) is 13.9. The quantitative estimate of drug-likeness (QED) is 0.877. The molecule has 1 saturated carbocycles. The Kier molecular flexibility index (Phi) is 4.76. The molecule has 19 heavy (non-hydrogen) atoms. The zero-order valence-corrected chi connectivity index (χ0v) is 12.4. The number of nitrogens with one attached hydrogen (secondary N) is 1. The number of halogens is 1. The van der Waals surface area contributed by atoms with Crippen LogP contribution in [0, 0.1) is 0 Å². The molecule has 2 N–H and O–H groups in total. The van der Waals surface area contributed by atoms with Crippen molar-refractivity contribution in [3.63, 3.8) is 0 Å². The Hall–Kier alpha value is -0.710. The summed E-state index contributed by atoms with van der Waals surface area (Å²) in [7, 11) is 1.74. The van der Waals surface area contributed by atoms with Crippen molar-refractivity contribution in [2.24, 2.45) is 0 Å². The van der Waals surface area contributed by atoms with Crippen molar-refractivity contribution >= 4 is 29.3 Å². The molecule has 0 radical (unpaired) electrons. The second-order valence-electron chi connectivity index (χ2n) is 4.94. The first kappa shape index (κ1) is 14.7. The average Bonchev–Trinajstić information content (AvgIpc) is 2.83. The molecule has 1 fully saturated rings. The lowest BCUT2D eigenvalue weighted by Crippen LogP contribution is -2.48. The van der Waals surface area contributed by atoms with E-state index in [-0.39, 0.29) is 0 Å². The minimum absolute atomic E-state index is 0.402. The van der Waals surface area contributed by atoms with Crippen LogP contribution < -0.4 is 5.32 Å². The fraction of sp³-hybridized carbons (Fsp3) is 0.500. The number of carbonyl (C=O) groups is 1. The molecule has 2 rings (SSSR count). The van der Waals surface area contributed by atoms with Gasteiger partial charge in [-0.2, -0.15) is 11.8 Å². The molecule has 2 unspecified atom stereocenters. The summed E-state index contributed by atoms with van der Waals surface area (Å²) >= 11 is 7.68. The molecule has 1 aliphatic rings. The predicted molar refractivity (Wildman–Crippen MR) is 79.8 cm³/mol. The Labute approximate surface area is 122 Å². The topological polar surface area (TPSA) is 49.3 Å². The number of rotatable bonds is 5. The highest BCUT2D eigenvalue weighted by Gasteiger charge is 2.44. The molecule has 1 aliphatic carbocycles. The maximum Gasteiger partial charge on any atom is 0.323 e. The van der Waals surface area contributed by atoms with Gasteiger partial charge in [-0.05, 0) is 44.0 Å². The number of hydrogen-bond acceptors (Lipinski definition) is 3. The number of thioether (sulfide) groups is 1. The largest absolute Gasteiger partial charge is 0.480 e. The molecular weight excluding hydrogens is 282 g/mol. The van der Waals surface area contributed by atoms with E-state index >= 15 is 0 Å². The molecule has 0 aliphatic heterocycles. The summed E-state index contributed by atoms with van der Waals surface area (Å²) in [4.78, 5) is 11.3. The molecule has 0 bridgehead atoms. The number of carboxylic acid groups (broad SMARTS) is 1. The lowest BCUT2D eigenvalue weighted by atomic mass is 9.99. The van der Waals surface area contributed by atoms with Crippen LogP contribution in [0.4, 0.5) is 0 Å². The van der Waals surface area contributed by atoms with Gasteiger partial charge in [0.05, 0.1) is 0 Å². The summed E-state index contributed by atoms with van der Waals surface area (Å²) in [6, 6.07) is 7.82. The number of aliphatic carboxylic acids is 1. The van der Waals surface area contributed by atoms with E-state index in [9.17, 15) is 9.90 Å². The predicted octanol–water partition coefficient (Wildman–Crippen LogP) is 3.17. The van der Waals surface area contributed by atoms with Gasteiger partial charge in [0.25, 0.3) is 0 Å². The van der Waals surface area contributed by atoms with E-state index in [1.807, 2.05) is 36.0 Å². The lowest BCUT2D eigenvalue weighted by molar-refractivity contribution is -0.144. The van der Waals surface area contributed by atoms with Gasteiger partial charge in [-0.25, -0.2) is 0 Å². The zero-order valence-electron chi connectivity index (χ0n) is 10.9. The molecule has 104 valence electrons. The molecule has 0 aromatic heterocycles. The highest BCUT2D eigenvalue weighted by molar-refractivity contribution is 7.99. The fourth-order valence-electron chi connectivity index (χ4n) is 2.47. The van der Waals surface area contributed by atoms with Crippen molar-refractivity contribution in [3.8, 4) is 0 Å². The standard InChI is InChI=1S/C14H18ClNO2S/c1-16-14(13(17)18)7-6-12(8-14)19-9-10-2-4-11(15)5-3-10/h2-5,12,16H,6-9H2,1H3,(H,17,18). The number of carboxylic acids is 1. The van der Waals surface area contributed by atoms with Gasteiger partial charge >= 0.3 is 5.97 Å². The van der Waals surface area contributed by atoms with Gasteiger partial charge in [0, 0.05) is 16.0 Å². The van der Waals surface area contributed by atoms with Crippen LogP contribution in [0.5, 0.6) is 0 Å². The van der Waals surface area contributed by atoms with Gasteiger partial charge in [0.1, 0.15) is 5.54 Å². The van der Waals surface area contributed by atoms with Gasteiger partial charge in [-0.1, -0.05) is 23.7 Å². The van der Waals surface area contributed by atoms with Gasteiger partial charge in [0.15, 0.2) is 0 Å². The van der Waals surface area contributed by atoms with Crippen LogP contribution in [0.1, 0.15) is 24.8 Å². The Morgan fingerprint density at radius 2 is 2.21 bits per heavy atom. The van der Waals surface area contributed by atoms with Gasteiger partial charge in [-0.15, -0.1) is 0 Å². The normalized spacial score (nSPS) is 26.5. The molecular formula is C14H18ClNO2S. The first-order valence-electron chi connectivity index (χ1n) is 6.34. The Bertz CT molecular complexity index is 451. The molecule has 1 aromatic carbocycles. The maximum atomic E-state index is 11.3. The number of benzene rings is 1. The van der Waals surface area contributed by atoms with Gasteiger partial charge < -0.3 is 10.4 Å². The summed E-state index contributed by atoms with van der Waals surface area (Å²) in [5.74, 6) is 0.172. The Morgan fingerprint density at radius 1 is 1.53 bits per heavy atom. The third kappa shape index (κ3) is 3.44. The van der Waals surface area contributed by atoms with Crippen molar-refractivity contribution in [2.75, 3.05) is 7.05 Å². The lowest BCUT2D eigenvalue weighted by Gasteiger charge is -2.23. The van der Waals surface area contributed by atoms with Crippen molar-refractivity contribution < 1.29 is 9.90 Å². The Balaban J connectivity index is 1.88. The van der Waals surface area contributed by atoms with Crippen LogP contribution in [-0.2, 0) is 10.5 Å². The van der Waals surface area contributed by atoms with Crippen molar-refractivity contribution in [1.29, 1.82) is 0 Å². The van der Waals surface area contributed by atoms with E-state index in [1.165, 1.54) is 5.56 Å². The molecule has 2 atom stereocenters. The summed E-state index contributed by atoms with van der Waals surface area (Å²) in [5, 5.41) is 13.4. The summed E-state index contributed by atoms with van der Waals surface area (Å²) in [5.41, 5.74) is 0.504. The van der Waals surface area contributed by atoms with E-state index in [4.69, 9.17) is 11.6 Å². The van der Waals surface area contributed by atoms with Crippen LogP contribution >= 0.6 is 23.4 Å². The van der Waals surface area contributed by atoms with Crippen LogP contribution in [0.3, 0.4) is 0 Å². The van der Waals surface area contributed by atoms with Crippen LogP contribution in [-0.4, -0.2) is 28.9 Å². The van der Waals surface area contributed by atoms with Crippen molar-refractivity contribution in [1.82, 2.24) is 5.32 Å². The van der Waals surface area contributed by atoms with E-state index in [0.717, 1.165) is 17.2 Å². The third-order valence-corrected chi connectivity index (χ3v) is 5.38. The van der Waals surface area contributed by atoms with Crippen LogP contribution in [0.25, 0.3) is 0 Å². The van der Waals surface area contributed by atoms with E-state index in [0.29, 0.717) is 18.1 Å². The molecule has 3 nitrogen and oxygen atoms in total. The van der Waals surface area contributed by atoms with E-state index < -0.39 is 11.5 Å². The molecule has 0 saturated heterocycles. The summed E-state index contributed by atoms with van der Waals surface area (Å²) in [6.07, 6.45) is 2.35. The average molecular weight is 300 g/mol. The molecule has 1 aromatic rings. The second kappa shape index (κ2) is 6.16. The first-order valence-corrected chi connectivity index (χ1v) is 7.77. The molecule has 0 heterocycles.